The van der Waals surface area contributed by atoms with Crippen molar-refractivity contribution in [1.82, 2.24) is 30.2 Å². The van der Waals surface area contributed by atoms with Crippen molar-refractivity contribution in [3.63, 3.8) is 0 Å². The summed E-state index contributed by atoms with van der Waals surface area (Å²) in [7, 11) is 8.52. The third kappa shape index (κ3) is 21.3. The number of H-pyrrole nitrogens is 2. The average Bonchev–Trinajstić information content (AvgIpc) is 1.80. The van der Waals surface area contributed by atoms with Crippen LogP contribution in [0, 0.1) is 49.4 Å². The third-order valence-electron chi connectivity index (χ3n) is 21.2. The molecule has 12 rings (SSSR count). The number of aryl methyl sites for hydroxylation is 2. The molecule has 3 unspecified atom stereocenters. The maximum Gasteiger partial charge on any atom is 0.335 e. The second-order valence-corrected chi connectivity index (χ2v) is 28.4. The first-order chi connectivity index (χ1) is 48.3. The fraction of sp³-hybridized carbons (Fsp3) is 0.435. The molecular weight excluding hydrogens is 1260 g/mol. The zero-order valence-electron chi connectivity index (χ0n) is 61.5. The minimum atomic E-state index is -0.853. The molecule has 533 valence electrons. The molecule has 0 spiro atoms. The molecule has 9 atom stereocenters. The van der Waals surface area contributed by atoms with E-state index in [1.807, 2.05) is 80.6 Å². The van der Waals surface area contributed by atoms with Gasteiger partial charge in [0.2, 0.25) is 0 Å². The highest BCUT2D eigenvalue weighted by Gasteiger charge is 2.33. The molecule has 1 aliphatic heterocycles. The fourth-order valence-electron chi connectivity index (χ4n) is 15.5. The lowest BCUT2D eigenvalue weighted by Gasteiger charge is -2.20. The maximum atomic E-state index is 12.9. The number of ether oxygens (including phenoxy) is 3. The Morgan fingerprint density at radius 2 is 0.881 bits per heavy atom. The summed E-state index contributed by atoms with van der Waals surface area (Å²) in [5.41, 5.74) is 15.0. The van der Waals surface area contributed by atoms with Gasteiger partial charge in [-0.05, 0) is 227 Å². The van der Waals surface area contributed by atoms with Crippen molar-refractivity contribution in [2.24, 2.45) is 40.5 Å². The van der Waals surface area contributed by atoms with Gasteiger partial charge in [0.25, 0.3) is 11.8 Å². The first-order valence-corrected chi connectivity index (χ1v) is 36.1. The smallest absolute Gasteiger partial charge is 0.335 e. The average molecular weight is 1370 g/mol. The van der Waals surface area contributed by atoms with Crippen LogP contribution in [0.4, 0.5) is 0 Å². The summed E-state index contributed by atoms with van der Waals surface area (Å²) in [6.07, 6.45) is 15.9. The first-order valence-electron chi connectivity index (χ1n) is 36.1. The largest absolute Gasteiger partial charge is 0.495 e. The number of nitrogens with zero attached hydrogens (tertiary/aromatic N) is 5. The molecule has 3 radical (unpaired) electrons. The predicted octanol–water partition coefficient (Wildman–Crippen LogP) is 17.4. The van der Waals surface area contributed by atoms with Gasteiger partial charge in [0, 0.05) is 33.6 Å². The Morgan fingerprint density at radius 1 is 0.515 bits per heavy atom. The molecule has 15 nitrogen and oxygen atoms in total. The number of hydrogen-bond donors (Lipinski definition) is 4. The minimum Gasteiger partial charge on any atom is -0.495 e. The number of benzene rings is 6. The Labute approximate surface area is 602 Å². The number of aliphatic hydroxyl groups is 1. The van der Waals surface area contributed by atoms with Gasteiger partial charge in [0.05, 0.1) is 69.7 Å². The normalized spacial score (nSPS) is 19.1. The summed E-state index contributed by atoms with van der Waals surface area (Å²) in [6, 6.07) is 55.1. The monoisotopic (exact) mass is 1360 g/mol. The Hall–Kier alpha value is -9.02. The van der Waals surface area contributed by atoms with E-state index in [1.54, 1.807) is 57.4 Å². The van der Waals surface area contributed by atoms with Gasteiger partial charge >= 0.3 is 5.97 Å². The summed E-state index contributed by atoms with van der Waals surface area (Å²) in [4.78, 5) is 44.4. The third-order valence-corrected chi connectivity index (χ3v) is 21.2. The van der Waals surface area contributed by atoms with Crippen molar-refractivity contribution >= 4 is 31.9 Å². The molecule has 2 amide bonds. The lowest BCUT2D eigenvalue weighted by Crippen LogP contribution is -2.26. The number of nitrogens with one attached hydrogen (secondary N) is 2. The molecule has 2 aromatic heterocycles. The van der Waals surface area contributed by atoms with Gasteiger partial charge in [0.15, 0.2) is 11.5 Å². The Kier molecular flexibility index (Phi) is 29.3. The van der Waals surface area contributed by atoms with E-state index in [0.717, 1.165) is 121 Å². The zero-order chi connectivity index (χ0) is 71.2. The number of aromatic amines is 2. The fourth-order valence-corrected chi connectivity index (χ4v) is 15.5. The first kappa shape index (κ1) is 77.7. The van der Waals surface area contributed by atoms with Crippen molar-refractivity contribution in [3.8, 4) is 11.5 Å². The van der Waals surface area contributed by atoms with Crippen LogP contribution in [0.5, 0.6) is 11.5 Å². The van der Waals surface area contributed by atoms with E-state index in [2.05, 4.69) is 138 Å². The number of amides is 2. The van der Waals surface area contributed by atoms with Crippen molar-refractivity contribution in [1.29, 1.82) is 0 Å². The van der Waals surface area contributed by atoms with Gasteiger partial charge in [-0.15, -0.1) is 0 Å². The molecule has 3 fully saturated rings. The lowest BCUT2D eigenvalue weighted by atomic mass is 9.85. The van der Waals surface area contributed by atoms with Gasteiger partial charge in [-0.3, -0.25) is 24.8 Å². The summed E-state index contributed by atoms with van der Waals surface area (Å²) >= 11 is 0. The van der Waals surface area contributed by atoms with Crippen LogP contribution < -0.4 is 9.47 Å². The molecule has 4 N–H and O–H groups in total. The highest BCUT2D eigenvalue weighted by Crippen LogP contribution is 2.44. The molecule has 101 heavy (non-hydrogen) atoms. The van der Waals surface area contributed by atoms with Crippen molar-refractivity contribution in [2.45, 2.75) is 162 Å². The molecular formula is C85H107BN7O8. The van der Waals surface area contributed by atoms with Crippen LogP contribution in [0.2, 0.25) is 0 Å². The quantitative estimate of drug-likeness (QED) is 0.0423. The summed E-state index contributed by atoms with van der Waals surface area (Å²) < 4.78 is 16.0. The van der Waals surface area contributed by atoms with Gasteiger partial charge in [0.1, 0.15) is 17.1 Å². The van der Waals surface area contributed by atoms with E-state index < -0.39 is 5.97 Å². The Morgan fingerprint density at radius 3 is 1.25 bits per heavy atom. The van der Waals surface area contributed by atoms with E-state index >= 15 is 0 Å². The van der Waals surface area contributed by atoms with Crippen molar-refractivity contribution < 1.29 is 38.8 Å². The van der Waals surface area contributed by atoms with Crippen LogP contribution in [0.1, 0.15) is 203 Å². The summed E-state index contributed by atoms with van der Waals surface area (Å²) in [6.45, 7) is 14.4. The Balaban J connectivity index is 0.000000180. The molecule has 3 heterocycles. The number of carbonyl (C=O) groups excluding carboxylic acids is 2. The SMILES string of the molecule is CCCC1=NCC(C)=C1OC.COc1c(CN(C)C(=O)c2ccc(CC3CC[C@H]([C@H](C)c4ccccc4)C3)cc2)n[nH]c1C.COc1c(CN(C)C(=O)c2ccc(CC3CC[C@H]([C@H](O)c4ccccc4)C3)cc2)n[nH]c1C.C[C@H](c1ccccc1)[C@H]1CCC(Cc2ccc(C(=O)O)cc2)C1.[B]. The molecule has 0 saturated heterocycles. The number of carboxylic acids is 1. The van der Waals surface area contributed by atoms with Crippen molar-refractivity contribution in [3.05, 3.63) is 248 Å². The van der Waals surface area contributed by atoms with E-state index in [-0.39, 0.29) is 26.3 Å². The molecule has 4 aliphatic rings. The number of rotatable bonds is 24. The molecule has 0 bridgehead atoms. The van der Waals surface area contributed by atoms with Crippen LogP contribution in [-0.2, 0) is 37.1 Å². The Bertz CT molecular complexity index is 3760. The van der Waals surface area contributed by atoms with Crippen LogP contribution in [0.3, 0.4) is 0 Å². The molecule has 6 aromatic carbocycles. The number of allylic oxidation sites excluding steroid dienone is 1. The van der Waals surface area contributed by atoms with E-state index in [9.17, 15) is 19.5 Å². The number of carboxylic acid groups (broad SMARTS) is 1. The molecule has 16 heteroatoms. The highest BCUT2D eigenvalue weighted by atomic mass is 16.5. The number of aromatic carboxylic acids is 1. The van der Waals surface area contributed by atoms with Gasteiger partial charge in [-0.2, -0.15) is 10.2 Å². The van der Waals surface area contributed by atoms with Crippen LogP contribution in [-0.4, -0.2) is 114 Å². The molecule has 3 saturated carbocycles. The highest BCUT2D eigenvalue weighted by molar-refractivity contribution is 6.01. The number of aliphatic hydroxyl groups excluding tert-OH is 1. The summed E-state index contributed by atoms with van der Waals surface area (Å²) in [5, 5.41) is 34.0. The minimum absolute atomic E-state index is 0. The van der Waals surface area contributed by atoms with Gasteiger partial charge in [-0.25, -0.2) is 4.79 Å². The second kappa shape index (κ2) is 38.1. The summed E-state index contributed by atoms with van der Waals surface area (Å²) in [5.74, 6) is 6.59. The lowest BCUT2D eigenvalue weighted by molar-refractivity contribution is 0.0695. The van der Waals surface area contributed by atoms with Crippen LogP contribution in [0.15, 0.2) is 180 Å². The van der Waals surface area contributed by atoms with Crippen LogP contribution in [0.25, 0.3) is 0 Å². The number of methoxy groups -OCH3 is 3. The van der Waals surface area contributed by atoms with Crippen LogP contribution >= 0.6 is 0 Å². The second-order valence-electron chi connectivity index (χ2n) is 28.4. The number of carbonyl (C=O) groups is 3. The van der Waals surface area contributed by atoms with Crippen molar-refractivity contribution in [2.75, 3.05) is 42.0 Å². The maximum absolute atomic E-state index is 12.9. The number of hydrogen-bond acceptors (Lipinski definition) is 10. The molecule has 3 aliphatic carbocycles. The van der Waals surface area contributed by atoms with E-state index in [0.29, 0.717) is 65.0 Å². The van der Waals surface area contributed by atoms with E-state index in [4.69, 9.17) is 19.3 Å². The molecule has 8 aromatic rings. The zero-order valence-corrected chi connectivity index (χ0v) is 61.5. The number of aromatic nitrogens is 4. The van der Waals surface area contributed by atoms with E-state index in [1.165, 1.54) is 71.9 Å². The van der Waals surface area contributed by atoms with Gasteiger partial charge in [-0.1, -0.05) is 155 Å². The predicted molar refractivity (Wildman–Crippen MR) is 405 cm³/mol. The van der Waals surface area contributed by atoms with Gasteiger partial charge < -0.3 is 34.2 Å². The number of aliphatic imine (C=N–C) groups is 1. The topological polar surface area (TPSA) is 196 Å². The standard InChI is InChI=1S/C28H35N3O2.C27H33N3O3.C21H24O2.C9H15NO.B/c1-19(23-8-6-5-7-9-23)25-15-12-22(17-25)16-21-10-13-24(14-11-21)28(32)31(3)18-26-27(33-4)20(2)29-30-26;1-18-26(33-3)24(29-28-18)17-30(2)27(32)22-12-9-19(10-13-22)15-20-11-14-23(16-20)25(31)21-7-5-4-6-8-21;1-15(18-5-3-2-4-6-18)20-12-9-17(14-20)13-16-7-10-19(11-8-16)21(22)23;1-4-5-8-9(11-3)7(2)6-10-8;/h5-11,13-14,19,22,25H,12,15-18H2,1-4H3,(H,29,30);4-10,12-13,20,23,25,31H,11,14-17H2,1-3H3,(H,28,29);2-8,10-11,15,17,20H,9,12-14H2,1H3,(H,22,23);4-6H2,1-3H3;/t19-,22?,25+;20?,23-,25+;15-,17?,20+;;/m101../s1.